The Balaban J connectivity index is 2.03. The van der Waals surface area contributed by atoms with Gasteiger partial charge in [-0.3, -0.25) is 0 Å². The zero-order valence-electron chi connectivity index (χ0n) is 15.3. The van der Waals surface area contributed by atoms with Crippen LogP contribution in [0.1, 0.15) is 32.3 Å². The minimum Gasteiger partial charge on any atom is -0.480 e. The maximum Gasteiger partial charge on any atom is 0.408 e. The highest BCUT2D eigenvalue weighted by Gasteiger charge is 2.25. The van der Waals surface area contributed by atoms with Crippen LogP contribution in [0.4, 0.5) is 10.6 Å². The number of aliphatic carboxylic acids is 1. The molecule has 2 aromatic rings. The Morgan fingerprint density at radius 2 is 2.07 bits per heavy atom. The Bertz CT molecular complexity index is 884. The highest BCUT2D eigenvalue weighted by Crippen LogP contribution is 2.22. The van der Waals surface area contributed by atoms with Crippen LogP contribution in [-0.4, -0.2) is 43.5 Å². The number of nitrogens with one attached hydrogen (secondary N) is 1. The summed E-state index contributed by atoms with van der Waals surface area (Å²) in [5, 5.41) is 26.0. The van der Waals surface area contributed by atoms with Crippen molar-refractivity contribution in [3.05, 3.63) is 45.0 Å². The van der Waals surface area contributed by atoms with Gasteiger partial charge in [0.1, 0.15) is 29.7 Å². The van der Waals surface area contributed by atoms with Crippen molar-refractivity contribution in [1.29, 1.82) is 0 Å². The molecule has 1 amide bonds. The van der Waals surface area contributed by atoms with Gasteiger partial charge in [-0.15, -0.1) is 0 Å². The Hall–Kier alpha value is -3.08. The predicted octanol–water partition coefficient (Wildman–Crippen LogP) is 2.61. The lowest BCUT2D eigenvalue weighted by Gasteiger charge is -2.21. The van der Waals surface area contributed by atoms with E-state index in [2.05, 4.69) is 10.4 Å². The topological polar surface area (TPSA) is 150 Å². The van der Waals surface area contributed by atoms with Gasteiger partial charge < -0.3 is 29.7 Å². The zero-order valence-corrected chi connectivity index (χ0v) is 16.1. The number of halogens is 1. The van der Waals surface area contributed by atoms with Gasteiger partial charge in [0.25, 0.3) is 0 Å². The average Bonchev–Trinajstić information content (AvgIpc) is 3.11. The number of rotatable bonds is 7. The van der Waals surface area contributed by atoms with E-state index in [1.54, 1.807) is 32.9 Å². The first-order chi connectivity index (χ1) is 12.9. The standard InChI is InChI=1S/C16H19ClN4O7/c1-16(2,3)28-15(24)18-12(14(22)23)6-9-4-5-10(27-9)7-20-8-11(17)13(19-20)21(25)26/h4-5,8,12H,6-7H2,1-3H3,(H,18,24)(H,22,23). The number of nitro groups is 1. The van der Waals surface area contributed by atoms with Gasteiger partial charge in [0.05, 0.1) is 11.3 Å². The molecule has 0 aliphatic heterocycles. The summed E-state index contributed by atoms with van der Waals surface area (Å²) in [6.07, 6.45) is 0.311. The lowest BCUT2D eigenvalue weighted by atomic mass is 10.1. The molecule has 1 unspecified atom stereocenters. The summed E-state index contributed by atoms with van der Waals surface area (Å²) < 4.78 is 11.8. The minimum absolute atomic E-state index is 0.0603. The number of amides is 1. The number of aromatic nitrogens is 2. The fourth-order valence-corrected chi connectivity index (χ4v) is 2.44. The van der Waals surface area contributed by atoms with Gasteiger partial charge in [0.2, 0.25) is 0 Å². The maximum absolute atomic E-state index is 11.8. The third-order valence-corrected chi connectivity index (χ3v) is 3.57. The van der Waals surface area contributed by atoms with E-state index in [9.17, 15) is 24.8 Å². The molecule has 2 aromatic heterocycles. The molecule has 0 spiro atoms. The van der Waals surface area contributed by atoms with Crippen molar-refractivity contribution < 1.29 is 28.8 Å². The van der Waals surface area contributed by atoms with Crippen molar-refractivity contribution in [2.75, 3.05) is 0 Å². The molecule has 152 valence electrons. The Labute approximate surface area is 164 Å². The number of furan rings is 1. The lowest BCUT2D eigenvalue weighted by Crippen LogP contribution is -2.44. The zero-order chi connectivity index (χ0) is 21.1. The number of hydrogen-bond acceptors (Lipinski definition) is 7. The summed E-state index contributed by atoms with van der Waals surface area (Å²) in [4.78, 5) is 33.3. The van der Waals surface area contributed by atoms with Crippen molar-refractivity contribution in [3.63, 3.8) is 0 Å². The van der Waals surface area contributed by atoms with E-state index in [-0.39, 0.29) is 18.0 Å². The van der Waals surface area contributed by atoms with Gasteiger partial charge in [-0.1, -0.05) is 11.6 Å². The quantitative estimate of drug-likeness (QED) is 0.518. The van der Waals surface area contributed by atoms with Gasteiger partial charge in [-0.2, -0.15) is 4.68 Å². The summed E-state index contributed by atoms with van der Waals surface area (Å²) in [5.74, 6) is -1.05. The van der Waals surface area contributed by atoms with E-state index >= 15 is 0 Å². The molecule has 0 aliphatic rings. The number of carboxylic acid groups (broad SMARTS) is 1. The van der Waals surface area contributed by atoms with Crippen LogP contribution in [0.2, 0.25) is 5.02 Å². The Kier molecular flexibility index (Phi) is 6.29. The number of carbonyl (C=O) groups is 2. The molecule has 0 fully saturated rings. The number of carbonyl (C=O) groups excluding carboxylic acids is 1. The number of alkyl carbamates (subject to hydrolysis) is 1. The van der Waals surface area contributed by atoms with Crippen LogP contribution >= 0.6 is 11.6 Å². The van der Waals surface area contributed by atoms with Crippen LogP contribution in [0.15, 0.2) is 22.7 Å². The van der Waals surface area contributed by atoms with Crippen molar-refractivity contribution in [2.45, 2.75) is 45.4 Å². The first-order valence-corrected chi connectivity index (χ1v) is 8.49. The fraction of sp³-hybridized carbons (Fsp3) is 0.438. The second-order valence-electron chi connectivity index (χ2n) is 6.86. The molecule has 0 radical (unpaired) electrons. The minimum atomic E-state index is -1.26. The van der Waals surface area contributed by atoms with Crippen LogP contribution in [0, 0.1) is 10.1 Å². The van der Waals surface area contributed by atoms with Crippen molar-refractivity contribution >= 4 is 29.5 Å². The predicted molar refractivity (Wildman–Crippen MR) is 96.2 cm³/mol. The first kappa shape index (κ1) is 21.2. The van der Waals surface area contributed by atoms with Crippen molar-refractivity contribution in [2.24, 2.45) is 0 Å². The number of hydrogen-bond donors (Lipinski definition) is 2. The molecule has 0 saturated carbocycles. The lowest BCUT2D eigenvalue weighted by molar-refractivity contribution is -0.389. The third-order valence-electron chi connectivity index (χ3n) is 3.30. The summed E-state index contributed by atoms with van der Waals surface area (Å²) in [7, 11) is 0. The molecular weight excluding hydrogens is 396 g/mol. The van der Waals surface area contributed by atoms with Gasteiger partial charge in [0.15, 0.2) is 5.02 Å². The highest BCUT2D eigenvalue weighted by molar-refractivity contribution is 6.32. The molecular formula is C16H19ClN4O7. The normalized spacial score (nSPS) is 12.4. The van der Waals surface area contributed by atoms with Crippen LogP contribution in [0.25, 0.3) is 0 Å². The molecule has 0 aromatic carbocycles. The van der Waals surface area contributed by atoms with Crippen molar-refractivity contribution in [3.8, 4) is 0 Å². The van der Waals surface area contributed by atoms with Gasteiger partial charge in [-0.25, -0.2) is 9.59 Å². The molecule has 11 nitrogen and oxygen atoms in total. The first-order valence-electron chi connectivity index (χ1n) is 8.12. The molecule has 12 heteroatoms. The summed E-state index contributed by atoms with van der Waals surface area (Å²) in [6.45, 7) is 5.04. The fourth-order valence-electron chi connectivity index (χ4n) is 2.22. The van der Waals surface area contributed by atoms with E-state index in [1.165, 1.54) is 10.9 Å². The average molecular weight is 415 g/mol. The van der Waals surface area contributed by atoms with E-state index < -0.39 is 34.4 Å². The number of nitrogens with zero attached hydrogens (tertiary/aromatic N) is 3. The third kappa shape index (κ3) is 5.98. The van der Waals surface area contributed by atoms with Crippen molar-refractivity contribution in [1.82, 2.24) is 15.1 Å². The molecule has 28 heavy (non-hydrogen) atoms. The monoisotopic (exact) mass is 414 g/mol. The number of carboxylic acids is 1. The van der Waals surface area contributed by atoms with E-state index in [4.69, 9.17) is 20.8 Å². The largest absolute Gasteiger partial charge is 0.480 e. The summed E-state index contributed by atoms with van der Waals surface area (Å²) >= 11 is 5.74. The van der Waals surface area contributed by atoms with E-state index in [0.29, 0.717) is 11.5 Å². The maximum atomic E-state index is 11.8. The molecule has 0 bridgehead atoms. The van der Waals surface area contributed by atoms with Crippen LogP contribution in [0.5, 0.6) is 0 Å². The Morgan fingerprint density at radius 3 is 2.61 bits per heavy atom. The second-order valence-corrected chi connectivity index (χ2v) is 7.27. The SMILES string of the molecule is CC(C)(C)OC(=O)NC(Cc1ccc(Cn2cc(Cl)c([N+](=O)[O-])n2)o1)C(=O)O. The molecule has 2 heterocycles. The smallest absolute Gasteiger partial charge is 0.408 e. The number of ether oxygens (including phenoxy) is 1. The van der Waals surface area contributed by atoms with Gasteiger partial charge in [-0.05, 0) is 37.8 Å². The molecule has 0 saturated heterocycles. The van der Waals surface area contributed by atoms with E-state index in [0.717, 1.165) is 0 Å². The van der Waals surface area contributed by atoms with Crippen LogP contribution in [-0.2, 0) is 22.5 Å². The highest BCUT2D eigenvalue weighted by atomic mass is 35.5. The van der Waals surface area contributed by atoms with Gasteiger partial charge in [0, 0.05) is 6.42 Å². The molecule has 1 atom stereocenters. The molecule has 2 rings (SSSR count). The van der Waals surface area contributed by atoms with Crippen LogP contribution < -0.4 is 5.32 Å². The molecule has 2 N–H and O–H groups in total. The summed E-state index contributed by atoms with van der Waals surface area (Å²) in [6, 6.07) is 1.86. The Morgan fingerprint density at radius 1 is 1.43 bits per heavy atom. The van der Waals surface area contributed by atoms with Crippen LogP contribution in [0.3, 0.4) is 0 Å². The summed E-state index contributed by atoms with van der Waals surface area (Å²) in [5.41, 5.74) is -0.765. The molecule has 0 aliphatic carbocycles. The van der Waals surface area contributed by atoms with Gasteiger partial charge >= 0.3 is 17.9 Å². The second kappa shape index (κ2) is 8.30. The van der Waals surface area contributed by atoms with E-state index in [1.807, 2.05) is 0 Å².